The van der Waals surface area contributed by atoms with Gasteiger partial charge in [-0.1, -0.05) is 13.8 Å². The smallest absolute Gasteiger partial charge is 0.337 e. The zero-order valence-electron chi connectivity index (χ0n) is 12.9. The maximum Gasteiger partial charge on any atom is 0.337 e. The first kappa shape index (κ1) is 17.5. The highest BCUT2D eigenvalue weighted by molar-refractivity contribution is 5.96. The van der Waals surface area contributed by atoms with Crippen molar-refractivity contribution in [1.29, 1.82) is 0 Å². The van der Waals surface area contributed by atoms with Crippen LogP contribution >= 0.6 is 0 Å². The van der Waals surface area contributed by atoms with Crippen LogP contribution in [0.4, 0.5) is 10.5 Å². The SMILES string of the molecule is COC(=O)c1ccc(NCC(=O)NC(=O)NCC(C)C)cc1. The van der Waals surface area contributed by atoms with E-state index in [1.807, 2.05) is 13.8 Å². The molecule has 0 aliphatic rings. The second-order valence-corrected chi connectivity index (χ2v) is 5.07. The third-order valence-electron chi connectivity index (χ3n) is 2.68. The average Bonchev–Trinajstić information content (AvgIpc) is 2.50. The van der Waals surface area contributed by atoms with Gasteiger partial charge in [-0.05, 0) is 30.2 Å². The lowest BCUT2D eigenvalue weighted by Crippen LogP contribution is -2.43. The summed E-state index contributed by atoms with van der Waals surface area (Å²) in [6, 6.07) is 5.96. The summed E-state index contributed by atoms with van der Waals surface area (Å²) >= 11 is 0. The normalized spacial score (nSPS) is 10.0. The van der Waals surface area contributed by atoms with Crippen molar-refractivity contribution >= 4 is 23.6 Å². The molecule has 0 spiro atoms. The number of esters is 1. The Morgan fingerprint density at radius 1 is 1.14 bits per heavy atom. The number of rotatable bonds is 6. The molecule has 0 aromatic heterocycles. The van der Waals surface area contributed by atoms with Gasteiger partial charge in [0.1, 0.15) is 0 Å². The Balaban J connectivity index is 2.37. The fraction of sp³-hybridized carbons (Fsp3) is 0.400. The highest BCUT2D eigenvalue weighted by Crippen LogP contribution is 2.09. The van der Waals surface area contributed by atoms with Gasteiger partial charge in [0, 0.05) is 12.2 Å². The van der Waals surface area contributed by atoms with E-state index in [0.717, 1.165) is 0 Å². The Hall–Kier alpha value is -2.57. The number of imide groups is 1. The fourth-order valence-electron chi connectivity index (χ4n) is 1.54. The van der Waals surface area contributed by atoms with Crippen LogP contribution in [-0.2, 0) is 9.53 Å². The quantitative estimate of drug-likeness (QED) is 0.690. The van der Waals surface area contributed by atoms with Crippen LogP contribution in [0.5, 0.6) is 0 Å². The molecule has 22 heavy (non-hydrogen) atoms. The van der Waals surface area contributed by atoms with E-state index in [9.17, 15) is 14.4 Å². The van der Waals surface area contributed by atoms with Crippen LogP contribution in [0.3, 0.4) is 0 Å². The maximum absolute atomic E-state index is 11.6. The van der Waals surface area contributed by atoms with Crippen molar-refractivity contribution in [3.8, 4) is 0 Å². The van der Waals surface area contributed by atoms with E-state index in [4.69, 9.17) is 0 Å². The number of hydrogen-bond acceptors (Lipinski definition) is 5. The topological polar surface area (TPSA) is 96.5 Å². The van der Waals surface area contributed by atoms with Crippen LogP contribution in [0.15, 0.2) is 24.3 Å². The van der Waals surface area contributed by atoms with Crippen LogP contribution in [0.1, 0.15) is 24.2 Å². The molecule has 1 aromatic carbocycles. The lowest BCUT2D eigenvalue weighted by molar-refractivity contribution is -0.118. The lowest BCUT2D eigenvalue weighted by atomic mass is 10.2. The minimum atomic E-state index is -0.512. The van der Waals surface area contributed by atoms with E-state index in [-0.39, 0.29) is 6.54 Å². The lowest BCUT2D eigenvalue weighted by Gasteiger charge is -2.10. The molecule has 3 N–H and O–H groups in total. The number of carbonyl (C=O) groups excluding carboxylic acids is 3. The van der Waals surface area contributed by atoms with Gasteiger partial charge in [-0.3, -0.25) is 10.1 Å². The van der Waals surface area contributed by atoms with Gasteiger partial charge in [-0.2, -0.15) is 0 Å². The Bertz CT molecular complexity index is 526. The number of anilines is 1. The monoisotopic (exact) mass is 307 g/mol. The standard InChI is InChI=1S/C15H21N3O4/c1-10(2)8-17-15(21)18-13(19)9-16-12-6-4-11(5-7-12)14(20)22-3/h4-7,10,16H,8-9H2,1-3H3,(H2,17,18,19,21). The molecule has 0 radical (unpaired) electrons. The van der Waals surface area contributed by atoms with Gasteiger partial charge in [0.15, 0.2) is 0 Å². The molecule has 0 unspecified atom stereocenters. The van der Waals surface area contributed by atoms with E-state index in [1.54, 1.807) is 24.3 Å². The van der Waals surface area contributed by atoms with Gasteiger partial charge in [0.05, 0.1) is 19.2 Å². The fourth-order valence-corrected chi connectivity index (χ4v) is 1.54. The third-order valence-corrected chi connectivity index (χ3v) is 2.68. The van der Waals surface area contributed by atoms with Gasteiger partial charge in [-0.15, -0.1) is 0 Å². The Morgan fingerprint density at radius 2 is 1.77 bits per heavy atom. The number of amides is 3. The Morgan fingerprint density at radius 3 is 2.32 bits per heavy atom. The molecule has 7 nitrogen and oxygen atoms in total. The van der Waals surface area contributed by atoms with Crippen LogP contribution in [0.25, 0.3) is 0 Å². The number of carbonyl (C=O) groups is 3. The van der Waals surface area contributed by atoms with E-state index in [2.05, 4.69) is 20.7 Å². The van der Waals surface area contributed by atoms with Crippen molar-refractivity contribution in [2.24, 2.45) is 5.92 Å². The number of hydrogen-bond donors (Lipinski definition) is 3. The highest BCUT2D eigenvalue weighted by atomic mass is 16.5. The number of urea groups is 1. The Kier molecular flexibility index (Phi) is 6.88. The van der Waals surface area contributed by atoms with E-state index in [1.165, 1.54) is 7.11 Å². The summed E-state index contributed by atoms with van der Waals surface area (Å²) in [6.07, 6.45) is 0. The predicted molar refractivity (Wildman–Crippen MR) is 82.7 cm³/mol. The second kappa shape index (κ2) is 8.66. The molecule has 0 atom stereocenters. The van der Waals surface area contributed by atoms with Gasteiger partial charge in [0.25, 0.3) is 0 Å². The van der Waals surface area contributed by atoms with Crippen molar-refractivity contribution in [3.63, 3.8) is 0 Å². The second-order valence-electron chi connectivity index (χ2n) is 5.07. The van der Waals surface area contributed by atoms with Crippen molar-refractivity contribution in [3.05, 3.63) is 29.8 Å². The average molecular weight is 307 g/mol. The molecular formula is C15H21N3O4. The number of benzene rings is 1. The van der Waals surface area contributed by atoms with Crippen molar-refractivity contribution in [1.82, 2.24) is 10.6 Å². The molecule has 0 fully saturated rings. The maximum atomic E-state index is 11.6. The molecule has 0 aliphatic heterocycles. The zero-order chi connectivity index (χ0) is 16.5. The Labute approximate surface area is 129 Å². The van der Waals surface area contributed by atoms with Crippen molar-refractivity contribution in [2.75, 3.05) is 25.5 Å². The summed E-state index contributed by atoms with van der Waals surface area (Å²) in [5.41, 5.74) is 1.08. The summed E-state index contributed by atoms with van der Waals surface area (Å²) in [4.78, 5) is 34.3. The van der Waals surface area contributed by atoms with Crippen LogP contribution in [0, 0.1) is 5.92 Å². The summed E-state index contributed by atoms with van der Waals surface area (Å²) in [6.45, 7) is 4.37. The van der Waals surface area contributed by atoms with Gasteiger partial charge >= 0.3 is 12.0 Å². The highest BCUT2D eigenvalue weighted by Gasteiger charge is 2.08. The molecule has 0 bridgehead atoms. The van der Waals surface area contributed by atoms with Gasteiger partial charge in [-0.25, -0.2) is 9.59 Å². The first-order valence-corrected chi connectivity index (χ1v) is 6.92. The van der Waals surface area contributed by atoms with E-state index < -0.39 is 17.9 Å². The predicted octanol–water partition coefficient (Wildman–Crippen LogP) is 1.37. The number of nitrogens with one attached hydrogen (secondary N) is 3. The summed E-state index contributed by atoms with van der Waals surface area (Å²) in [7, 11) is 1.31. The summed E-state index contributed by atoms with van der Waals surface area (Å²) < 4.78 is 4.59. The number of methoxy groups -OCH3 is 1. The molecule has 3 amide bonds. The molecular weight excluding hydrogens is 286 g/mol. The van der Waals surface area contributed by atoms with Crippen LogP contribution < -0.4 is 16.0 Å². The number of ether oxygens (including phenoxy) is 1. The van der Waals surface area contributed by atoms with Gasteiger partial charge < -0.3 is 15.4 Å². The molecule has 1 rings (SSSR count). The minimum absolute atomic E-state index is 0.0489. The summed E-state index contributed by atoms with van der Waals surface area (Å²) in [5.74, 6) is -0.559. The van der Waals surface area contributed by atoms with Crippen LogP contribution in [0.2, 0.25) is 0 Å². The van der Waals surface area contributed by atoms with Gasteiger partial charge in [0.2, 0.25) is 5.91 Å². The molecule has 120 valence electrons. The summed E-state index contributed by atoms with van der Waals surface area (Å²) in [5, 5.41) is 7.66. The minimum Gasteiger partial charge on any atom is -0.465 e. The van der Waals surface area contributed by atoms with E-state index >= 15 is 0 Å². The molecule has 0 saturated carbocycles. The van der Waals surface area contributed by atoms with Crippen molar-refractivity contribution < 1.29 is 19.1 Å². The molecule has 7 heteroatoms. The first-order chi connectivity index (χ1) is 10.4. The zero-order valence-corrected chi connectivity index (χ0v) is 12.9. The molecule has 0 heterocycles. The van der Waals surface area contributed by atoms with Crippen LogP contribution in [-0.4, -0.2) is 38.1 Å². The first-order valence-electron chi connectivity index (χ1n) is 6.92. The molecule has 1 aromatic rings. The molecule has 0 saturated heterocycles. The van der Waals surface area contributed by atoms with Crippen molar-refractivity contribution in [2.45, 2.75) is 13.8 Å². The van der Waals surface area contributed by atoms with E-state index in [0.29, 0.717) is 23.7 Å². The molecule has 0 aliphatic carbocycles. The largest absolute Gasteiger partial charge is 0.465 e. The third kappa shape index (κ3) is 6.25.